The molecule has 3 rings (SSSR count). The highest BCUT2D eigenvalue weighted by atomic mass is 35.5. The fourth-order valence-corrected chi connectivity index (χ4v) is 2.79. The van der Waals surface area contributed by atoms with E-state index in [4.69, 9.17) is 0 Å². The number of piperazine rings is 1. The molecule has 0 saturated carbocycles. The van der Waals surface area contributed by atoms with Gasteiger partial charge >= 0.3 is 6.18 Å². The van der Waals surface area contributed by atoms with Crippen LogP contribution in [0.15, 0.2) is 12.3 Å². The van der Waals surface area contributed by atoms with Gasteiger partial charge in [-0.05, 0) is 18.9 Å². The summed E-state index contributed by atoms with van der Waals surface area (Å²) in [7, 11) is 0. The predicted molar refractivity (Wildman–Crippen MR) is 75.9 cm³/mol. The maximum Gasteiger partial charge on any atom is 0.417 e. The molecule has 2 saturated heterocycles. The molecule has 0 radical (unpaired) electrons. The van der Waals surface area contributed by atoms with Crippen molar-refractivity contribution in [2.24, 2.45) is 0 Å². The number of alkyl halides is 3. The summed E-state index contributed by atoms with van der Waals surface area (Å²) in [5.74, 6) is -0.887. The van der Waals surface area contributed by atoms with Crippen LogP contribution in [-0.2, 0) is 6.18 Å². The quantitative estimate of drug-likeness (QED) is 0.791. The van der Waals surface area contributed by atoms with E-state index >= 15 is 0 Å². The molecule has 21 heavy (non-hydrogen) atoms. The van der Waals surface area contributed by atoms with E-state index in [1.807, 2.05) is 0 Å². The van der Waals surface area contributed by atoms with Crippen LogP contribution in [-0.4, -0.2) is 30.2 Å². The highest BCUT2D eigenvalue weighted by Gasteiger charge is 2.35. The molecule has 0 spiro atoms. The summed E-state index contributed by atoms with van der Waals surface area (Å²) in [4.78, 5) is 5.40. The number of nitrogens with zero attached hydrogens (tertiary/aromatic N) is 2. The molecule has 2 fully saturated rings. The zero-order valence-corrected chi connectivity index (χ0v) is 12.5. The number of anilines is 1. The zero-order chi connectivity index (χ0) is 13.6. The Labute approximate surface area is 131 Å². The summed E-state index contributed by atoms with van der Waals surface area (Å²) in [6.45, 7) is 1.18. The van der Waals surface area contributed by atoms with Gasteiger partial charge in [0.25, 0.3) is 0 Å². The van der Waals surface area contributed by atoms with Crippen LogP contribution in [0, 0.1) is 5.82 Å². The molecule has 0 amide bonds. The monoisotopic (exact) mass is 347 g/mol. The normalized spacial score (nSPS) is 24.3. The van der Waals surface area contributed by atoms with Gasteiger partial charge in [0.2, 0.25) is 0 Å². The van der Waals surface area contributed by atoms with E-state index < -0.39 is 17.6 Å². The fourth-order valence-electron chi connectivity index (χ4n) is 2.79. The Balaban J connectivity index is 0.00000110. The second-order valence-corrected chi connectivity index (χ2v) is 5.07. The Bertz CT molecular complexity index is 486. The third kappa shape index (κ3) is 3.70. The lowest BCUT2D eigenvalue weighted by molar-refractivity contribution is -0.138. The summed E-state index contributed by atoms with van der Waals surface area (Å²) in [5.41, 5.74) is -1.05. The highest BCUT2D eigenvalue weighted by molar-refractivity contribution is 5.85. The molecule has 2 aliphatic heterocycles. The Morgan fingerprint density at radius 3 is 2.19 bits per heavy atom. The van der Waals surface area contributed by atoms with Crippen molar-refractivity contribution in [2.45, 2.75) is 31.1 Å². The van der Waals surface area contributed by atoms with Crippen molar-refractivity contribution in [3.8, 4) is 0 Å². The van der Waals surface area contributed by atoms with Gasteiger partial charge in [-0.1, -0.05) is 0 Å². The molecule has 2 bridgehead atoms. The third-order valence-corrected chi connectivity index (χ3v) is 3.67. The first-order valence-electron chi connectivity index (χ1n) is 6.17. The highest BCUT2D eigenvalue weighted by Crippen LogP contribution is 2.32. The van der Waals surface area contributed by atoms with Crippen molar-refractivity contribution in [1.29, 1.82) is 0 Å². The average molecular weight is 348 g/mol. The van der Waals surface area contributed by atoms with E-state index in [1.165, 1.54) is 0 Å². The van der Waals surface area contributed by atoms with E-state index in [-0.39, 0.29) is 42.7 Å². The number of nitrogens with one attached hydrogen (secondary N) is 1. The molecule has 1 aromatic rings. The SMILES string of the molecule is Cl.Cl.Fc1cc(C(F)(F)F)cnc1N1CC2CCC(C1)N2. The minimum atomic E-state index is -4.56. The fraction of sp³-hybridized carbons (Fsp3) is 0.583. The second-order valence-electron chi connectivity index (χ2n) is 5.07. The molecule has 0 aromatic carbocycles. The number of hydrogen-bond acceptors (Lipinski definition) is 3. The van der Waals surface area contributed by atoms with Gasteiger partial charge in [-0.2, -0.15) is 13.2 Å². The van der Waals surface area contributed by atoms with Crippen molar-refractivity contribution in [3.63, 3.8) is 0 Å². The molecule has 2 atom stereocenters. The second kappa shape index (κ2) is 6.54. The van der Waals surface area contributed by atoms with Gasteiger partial charge in [-0.3, -0.25) is 0 Å². The molecule has 9 heteroatoms. The summed E-state index contributed by atoms with van der Waals surface area (Å²) in [5, 5.41) is 3.37. The van der Waals surface area contributed by atoms with Gasteiger partial charge in [-0.15, -0.1) is 24.8 Å². The Morgan fingerprint density at radius 2 is 1.71 bits per heavy atom. The van der Waals surface area contributed by atoms with Crippen LogP contribution < -0.4 is 10.2 Å². The molecule has 0 aliphatic carbocycles. The van der Waals surface area contributed by atoms with E-state index in [1.54, 1.807) is 4.90 Å². The van der Waals surface area contributed by atoms with E-state index in [9.17, 15) is 17.6 Å². The van der Waals surface area contributed by atoms with Crippen molar-refractivity contribution in [3.05, 3.63) is 23.6 Å². The molecule has 2 aliphatic rings. The van der Waals surface area contributed by atoms with Crippen LogP contribution in [0.2, 0.25) is 0 Å². The third-order valence-electron chi connectivity index (χ3n) is 3.67. The van der Waals surface area contributed by atoms with Crippen molar-refractivity contribution >= 4 is 30.6 Å². The van der Waals surface area contributed by atoms with Gasteiger partial charge in [-0.25, -0.2) is 9.37 Å². The lowest BCUT2D eigenvalue weighted by Crippen LogP contribution is -2.51. The lowest BCUT2D eigenvalue weighted by atomic mass is 10.2. The van der Waals surface area contributed by atoms with Crippen LogP contribution >= 0.6 is 24.8 Å². The van der Waals surface area contributed by atoms with Crippen LogP contribution in [0.25, 0.3) is 0 Å². The van der Waals surface area contributed by atoms with Gasteiger partial charge in [0.05, 0.1) is 5.56 Å². The lowest BCUT2D eigenvalue weighted by Gasteiger charge is -2.33. The Morgan fingerprint density at radius 1 is 1.14 bits per heavy atom. The zero-order valence-electron chi connectivity index (χ0n) is 10.9. The Kier molecular flexibility index (Phi) is 5.69. The maximum atomic E-state index is 13.8. The van der Waals surface area contributed by atoms with Crippen molar-refractivity contribution in [1.82, 2.24) is 10.3 Å². The molecule has 3 heterocycles. The Hall–Kier alpha value is -0.790. The van der Waals surface area contributed by atoms with E-state index in [2.05, 4.69) is 10.3 Å². The first-order valence-corrected chi connectivity index (χ1v) is 6.17. The number of pyridine rings is 1. The summed E-state index contributed by atoms with van der Waals surface area (Å²) in [6.07, 6.45) is -1.83. The molecular formula is C12H15Cl2F4N3. The molecule has 120 valence electrons. The molecule has 1 N–H and O–H groups in total. The standard InChI is InChI=1S/C12H13F4N3.2ClH/c13-10-3-7(12(14,15)16)4-17-11(10)19-5-8-1-2-9(6-19)18-8;;/h3-4,8-9,18H,1-2,5-6H2;2*1H. The first kappa shape index (κ1) is 18.3. The topological polar surface area (TPSA) is 28.2 Å². The minimum absolute atomic E-state index is 0. The van der Waals surface area contributed by atoms with Gasteiger partial charge in [0.15, 0.2) is 11.6 Å². The van der Waals surface area contributed by atoms with Gasteiger partial charge < -0.3 is 10.2 Å². The smallest absolute Gasteiger partial charge is 0.351 e. The van der Waals surface area contributed by atoms with Crippen LogP contribution in [0.1, 0.15) is 18.4 Å². The maximum absolute atomic E-state index is 13.8. The largest absolute Gasteiger partial charge is 0.417 e. The molecular weight excluding hydrogens is 333 g/mol. The van der Waals surface area contributed by atoms with Crippen molar-refractivity contribution in [2.75, 3.05) is 18.0 Å². The number of rotatable bonds is 1. The number of halogens is 6. The van der Waals surface area contributed by atoms with Crippen LogP contribution in [0.3, 0.4) is 0 Å². The first-order chi connectivity index (χ1) is 8.93. The van der Waals surface area contributed by atoms with Gasteiger partial charge in [0.1, 0.15) is 0 Å². The van der Waals surface area contributed by atoms with Crippen LogP contribution in [0.4, 0.5) is 23.4 Å². The van der Waals surface area contributed by atoms with Gasteiger partial charge in [0, 0.05) is 31.4 Å². The summed E-state index contributed by atoms with van der Waals surface area (Å²) in [6, 6.07) is 1.08. The number of fused-ring (bicyclic) bond motifs is 2. The average Bonchev–Trinajstić information content (AvgIpc) is 2.67. The number of hydrogen-bond donors (Lipinski definition) is 1. The van der Waals surface area contributed by atoms with Crippen LogP contribution in [0.5, 0.6) is 0 Å². The molecule has 3 nitrogen and oxygen atoms in total. The molecule has 2 unspecified atom stereocenters. The minimum Gasteiger partial charge on any atom is -0.351 e. The van der Waals surface area contributed by atoms with E-state index in [0.29, 0.717) is 25.4 Å². The number of aromatic nitrogens is 1. The van der Waals surface area contributed by atoms with E-state index in [0.717, 1.165) is 12.8 Å². The molecule has 1 aromatic heterocycles. The van der Waals surface area contributed by atoms with Crippen molar-refractivity contribution < 1.29 is 17.6 Å². The predicted octanol–water partition coefficient (Wildman–Crippen LogP) is 3.02. The summed E-state index contributed by atoms with van der Waals surface area (Å²) < 4.78 is 51.2. The summed E-state index contributed by atoms with van der Waals surface area (Å²) >= 11 is 0.